The van der Waals surface area contributed by atoms with E-state index in [1.807, 2.05) is 41.1 Å². The van der Waals surface area contributed by atoms with E-state index in [2.05, 4.69) is 0 Å². The highest BCUT2D eigenvalue weighted by atomic mass is 16.5. The van der Waals surface area contributed by atoms with E-state index in [0.717, 1.165) is 16.7 Å². The number of nitrogen functional groups attached to an aromatic ring is 2. The molecule has 0 saturated heterocycles. The van der Waals surface area contributed by atoms with Crippen LogP contribution >= 0.6 is 0 Å². The predicted molar refractivity (Wildman–Crippen MR) is 117 cm³/mol. The lowest BCUT2D eigenvalue weighted by atomic mass is 10.0. The van der Waals surface area contributed by atoms with Crippen molar-refractivity contribution in [1.29, 1.82) is 10.8 Å². The molecule has 2 aromatic carbocycles. The number of amidine groups is 2. The van der Waals surface area contributed by atoms with Crippen molar-refractivity contribution >= 4 is 17.6 Å². The number of nitrogens with two attached hydrogens (primary N) is 2. The number of hydrogen-bond donors (Lipinski definition) is 4. The monoisotopic (exact) mass is 403 g/mol. The first-order valence-electron chi connectivity index (χ1n) is 9.59. The van der Waals surface area contributed by atoms with Crippen LogP contribution in [0.3, 0.4) is 0 Å². The molecular formula is C23H25N5O2. The Morgan fingerprint density at radius 2 is 1.67 bits per heavy atom. The minimum Gasteiger partial charge on any atom is -0.462 e. The Kier molecular flexibility index (Phi) is 6.32. The average Bonchev–Trinajstić information content (AvgIpc) is 3.11. The van der Waals surface area contributed by atoms with Crippen molar-refractivity contribution in [2.45, 2.75) is 19.9 Å². The van der Waals surface area contributed by atoms with Gasteiger partial charge in [-0.15, -0.1) is 0 Å². The second kappa shape index (κ2) is 9.09. The van der Waals surface area contributed by atoms with Crippen LogP contribution in [-0.4, -0.2) is 28.8 Å². The van der Waals surface area contributed by atoms with Gasteiger partial charge in [0.15, 0.2) is 0 Å². The molecule has 0 aliphatic heterocycles. The SMILES string of the molecule is CCOC(=O)c1cn(Cc2cccc(C(=N)N)c2)cc1Cc1ccc(C(=N)N)cc1. The molecule has 6 N–H and O–H groups in total. The lowest BCUT2D eigenvalue weighted by Crippen LogP contribution is -2.11. The van der Waals surface area contributed by atoms with Crippen LogP contribution in [0.2, 0.25) is 0 Å². The van der Waals surface area contributed by atoms with Gasteiger partial charge in [-0.2, -0.15) is 0 Å². The third kappa shape index (κ3) is 4.94. The smallest absolute Gasteiger partial charge is 0.339 e. The summed E-state index contributed by atoms with van der Waals surface area (Å²) in [5.41, 5.74) is 15.8. The van der Waals surface area contributed by atoms with Crippen LogP contribution in [0.25, 0.3) is 0 Å². The van der Waals surface area contributed by atoms with Crippen LogP contribution in [-0.2, 0) is 17.7 Å². The summed E-state index contributed by atoms with van der Waals surface area (Å²) in [6.45, 7) is 2.62. The number of carbonyl (C=O) groups excluding carboxylic acids is 1. The van der Waals surface area contributed by atoms with Gasteiger partial charge in [-0.3, -0.25) is 10.8 Å². The third-order valence-electron chi connectivity index (χ3n) is 4.72. The minimum absolute atomic E-state index is 0.0197. The largest absolute Gasteiger partial charge is 0.462 e. The Hall–Kier alpha value is -3.87. The van der Waals surface area contributed by atoms with Gasteiger partial charge in [-0.25, -0.2) is 4.79 Å². The van der Waals surface area contributed by atoms with E-state index in [9.17, 15) is 4.79 Å². The summed E-state index contributed by atoms with van der Waals surface area (Å²) in [7, 11) is 0. The van der Waals surface area contributed by atoms with Crippen LogP contribution < -0.4 is 11.5 Å². The molecule has 0 saturated carbocycles. The summed E-state index contributed by atoms with van der Waals surface area (Å²) in [5, 5.41) is 15.1. The Balaban J connectivity index is 1.89. The van der Waals surface area contributed by atoms with E-state index in [-0.39, 0.29) is 17.6 Å². The highest BCUT2D eigenvalue weighted by Gasteiger charge is 2.16. The molecule has 0 radical (unpaired) electrons. The number of rotatable bonds is 8. The molecule has 7 nitrogen and oxygen atoms in total. The molecule has 0 atom stereocenters. The molecule has 154 valence electrons. The third-order valence-corrected chi connectivity index (χ3v) is 4.72. The lowest BCUT2D eigenvalue weighted by Gasteiger charge is -2.06. The van der Waals surface area contributed by atoms with Crippen molar-refractivity contribution in [3.63, 3.8) is 0 Å². The molecule has 0 unspecified atom stereocenters. The van der Waals surface area contributed by atoms with Gasteiger partial charge in [-0.05, 0) is 36.1 Å². The fourth-order valence-electron chi connectivity index (χ4n) is 3.25. The number of carbonyl (C=O) groups is 1. The number of nitrogens with zero attached hydrogens (tertiary/aromatic N) is 1. The molecular weight excluding hydrogens is 378 g/mol. The first-order valence-corrected chi connectivity index (χ1v) is 9.59. The van der Waals surface area contributed by atoms with Gasteiger partial charge in [0, 0.05) is 30.1 Å². The Morgan fingerprint density at radius 1 is 0.967 bits per heavy atom. The molecule has 0 amide bonds. The maximum atomic E-state index is 12.5. The lowest BCUT2D eigenvalue weighted by molar-refractivity contribution is 0.0525. The summed E-state index contributed by atoms with van der Waals surface area (Å²) in [6.07, 6.45) is 4.27. The van der Waals surface area contributed by atoms with Gasteiger partial charge in [0.25, 0.3) is 0 Å². The zero-order valence-electron chi connectivity index (χ0n) is 16.8. The van der Waals surface area contributed by atoms with Crippen molar-refractivity contribution in [3.8, 4) is 0 Å². The van der Waals surface area contributed by atoms with Crippen LogP contribution in [0.1, 0.15) is 45.1 Å². The van der Waals surface area contributed by atoms with Crippen LogP contribution in [0.5, 0.6) is 0 Å². The molecule has 0 fully saturated rings. The van der Waals surface area contributed by atoms with Gasteiger partial charge >= 0.3 is 5.97 Å². The molecule has 0 spiro atoms. The summed E-state index contributed by atoms with van der Waals surface area (Å²) >= 11 is 0. The minimum atomic E-state index is -0.357. The molecule has 30 heavy (non-hydrogen) atoms. The summed E-state index contributed by atoms with van der Waals surface area (Å²) < 4.78 is 7.16. The summed E-state index contributed by atoms with van der Waals surface area (Å²) in [4.78, 5) is 12.5. The number of benzene rings is 2. The number of aromatic nitrogens is 1. The fourth-order valence-corrected chi connectivity index (χ4v) is 3.25. The van der Waals surface area contributed by atoms with Crippen LogP contribution in [0.15, 0.2) is 60.9 Å². The summed E-state index contributed by atoms with van der Waals surface area (Å²) in [6, 6.07) is 14.9. The predicted octanol–water partition coefficient (Wildman–Crippen LogP) is 2.87. The molecule has 0 aliphatic carbocycles. The van der Waals surface area contributed by atoms with Gasteiger partial charge in [0.2, 0.25) is 0 Å². The maximum absolute atomic E-state index is 12.5. The zero-order valence-corrected chi connectivity index (χ0v) is 16.8. The molecule has 3 aromatic rings. The van der Waals surface area contributed by atoms with Crippen LogP contribution in [0.4, 0.5) is 0 Å². The zero-order chi connectivity index (χ0) is 21.7. The van der Waals surface area contributed by atoms with E-state index in [0.29, 0.717) is 36.3 Å². The standard InChI is InChI=1S/C23H25N5O2/c1-2-30-23(29)20-14-28(12-16-4-3-5-18(11-16)22(26)27)13-19(20)10-15-6-8-17(9-7-15)21(24)25/h3-9,11,13-14H,2,10,12H2,1H3,(H3,24,25)(H3,26,27). The van der Waals surface area contributed by atoms with Crippen molar-refractivity contribution in [3.05, 3.63) is 94.3 Å². The first-order chi connectivity index (χ1) is 14.4. The van der Waals surface area contributed by atoms with E-state index in [1.54, 1.807) is 31.3 Å². The molecule has 3 rings (SSSR count). The number of ether oxygens (including phenoxy) is 1. The second-order valence-corrected chi connectivity index (χ2v) is 6.99. The van der Waals surface area contributed by atoms with Gasteiger partial charge in [0.1, 0.15) is 11.7 Å². The van der Waals surface area contributed by atoms with E-state index < -0.39 is 0 Å². The number of esters is 1. The number of nitrogens with one attached hydrogen (secondary N) is 2. The van der Waals surface area contributed by atoms with E-state index in [4.69, 9.17) is 27.0 Å². The Bertz CT molecular complexity index is 1080. The fraction of sp³-hybridized carbons (Fsp3) is 0.174. The molecule has 0 bridgehead atoms. The van der Waals surface area contributed by atoms with Crippen molar-refractivity contribution in [2.75, 3.05) is 6.61 Å². The topological polar surface area (TPSA) is 131 Å². The molecule has 1 heterocycles. The van der Waals surface area contributed by atoms with E-state index >= 15 is 0 Å². The Morgan fingerprint density at radius 3 is 2.30 bits per heavy atom. The summed E-state index contributed by atoms with van der Waals surface area (Å²) in [5.74, 6) is -0.317. The maximum Gasteiger partial charge on any atom is 0.339 e. The normalized spacial score (nSPS) is 10.6. The highest BCUT2D eigenvalue weighted by molar-refractivity contribution is 5.95. The highest BCUT2D eigenvalue weighted by Crippen LogP contribution is 2.19. The van der Waals surface area contributed by atoms with Gasteiger partial charge in [0.05, 0.1) is 12.2 Å². The quantitative estimate of drug-likeness (QED) is 0.262. The van der Waals surface area contributed by atoms with Crippen molar-refractivity contribution in [1.82, 2.24) is 4.57 Å². The van der Waals surface area contributed by atoms with Crippen LogP contribution in [0, 0.1) is 10.8 Å². The van der Waals surface area contributed by atoms with Gasteiger partial charge in [-0.1, -0.05) is 42.5 Å². The average molecular weight is 403 g/mol. The second-order valence-electron chi connectivity index (χ2n) is 6.99. The molecule has 7 heteroatoms. The molecule has 0 aliphatic rings. The number of hydrogen-bond acceptors (Lipinski definition) is 4. The van der Waals surface area contributed by atoms with Crippen molar-refractivity contribution < 1.29 is 9.53 Å². The van der Waals surface area contributed by atoms with Gasteiger partial charge < -0.3 is 20.8 Å². The first kappa shape index (κ1) is 20.9. The Labute approximate surface area is 175 Å². The molecule has 1 aromatic heterocycles. The van der Waals surface area contributed by atoms with E-state index in [1.165, 1.54) is 0 Å². The van der Waals surface area contributed by atoms with Crippen molar-refractivity contribution in [2.24, 2.45) is 11.5 Å².